The van der Waals surface area contributed by atoms with Crippen molar-refractivity contribution in [2.24, 2.45) is 0 Å². The van der Waals surface area contributed by atoms with Gasteiger partial charge in [-0.3, -0.25) is 4.98 Å². The molecular formula is C26H22N2O3. The fourth-order valence-corrected chi connectivity index (χ4v) is 4.05. The zero-order chi connectivity index (χ0) is 21.2. The fraction of sp³-hybridized carbons (Fsp3) is 0.154. The standard InChI is InChI=1S/C26H22N2O3/c1-30-26(29)19-8-6-18(7-9-19)20-10-11-25-21(16-20)17-28(14-15-31-25)24-12-13-27-23-5-3-2-4-22(23)24/h2-13,16H,14-15,17H2,1H3. The smallest absolute Gasteiger partial charge is 0.337 e. The minimum Gasteiger partial charge on any atom is -0.491 e. The van der Waals surface area contributed by atoms with Crippen molar-refractivity contribution in [3.05, 3.63) is 90.1 Å². The van der Waals surface area contributed by atoms with Gasteiger partial charge in [0.1, 0.15) is 12.4 Å². The van der Waals surface area contributed by atoms with Crippen LogP contribution < -0.4 is 9.64 Å². The van der Waals surface area contributed by atoms with Gasteiger partial charge in [-0.05, 0) is 47.5 Å². The largest absolute Gasteiger partial charge is 0.491 e. The fourth-order valence-electron chi connectivity index (χ4n) is 4.05. The van der Waals surface area contributed by atoms with Gasteiger partial charge in [0.2, 0.25) is 0 Å². The number of para-hydroxylation sites is 1. The molecule has 31 heavy (non-hydrogen) atoms. The molecule has 0 unspecified atom stereocenters. The summed E-state index contributed by atoms with van der Waals surface area (Å²) >= 11 is 0. The Kier molecular flexibility index (Phi) is 5.00. The maximum Gasteiger partial charge on any atom is 0.337 e. The van der Waals surface area contributed by atoms with E-state index in [9.17, 15) is 4.79 Å². The van der Waals surface area contributed by atoms with E-state index in [2.05, 4.69) is 34.1 Å². The Morgan fingerprint density at radius 1 is 1.00 bits per heavy atom. The molecule has 0 amide bonds. The van der Waals surface area contributed by atoms with Gasteiger partial charge < -0.3 is 14.4 Å². The van der Waals surface area contributed by atoms with E-state index in [1.165, 1.54) is 7.11 Å². The number of carbonyl (C=O) groups is 1. The van der Waals surface area contributed by atoms with Gasteiger partial charge in [0, 0.05) is 29.4 Å². The lowest BCUT2D eigenvalue weighted by Gasteiger charge is -2.23. The van der Waals surface area contributed by atoms with Gasteiger partial charge >= 0.3 is 5.97 Å². The number of aromatic nitrogens is 1. The number of carbonyl (C=O) groups excluding carboxylic acids is 1. The zero-order valence-electron chi connectivity index (χ0n) is 17.2. The number of esters is 1. The van der Waals surface area contributed by atoms with E-state index in [-0.39, 0.29) is 5.97 Å². The lowest BCUT2D eigenvalue weighted by molar-refractivity contribution is 0.0601. The van der Waals surface area contributed by atoms with Crippen molar-refractivity contribution in [3.8, 4) is 16.9 Å². The second-order valence-corrected chi connectivity index (χ2v) is 7.51. The lowest BCUT2D eigenvalue weighted by atomic mass is 10.0. The SMILES string of the molecule is COC(=O)c1ccc(-c2ccc3c(c2)CN(c2ccnc4ccccc24)CCO3)cc1. The molecule has 5 rings (SSSR count). The van der Waals surface area contributed by atoms with Gasteiger partial charge in [0.15, 0.2) is 0 Å². The van der Waals surface area contributed by atoms with Crippen molar-refractivity contribution in [1.82, 2.24) is 4.98 Å². The van der Waals surface area contributed by atoms with Gasteiger partial charge in [-0.2, -0.15) is 0 Å². The van der Waals surface area contributed by atoms with Crippen LogP contribution in [0.4, 0.5) is 5.69 Å². The van der Waals surface area contributed by atoms with E-state index in [0.29, 0.717) is 12.2 Å². The van der Waals surface area contributed by atoms with Crippen molar-refractivity contribution in [2.75, 3.05) is 25.2 Å². The summed E-state index contributed by atoms with van der Waals surface area (Å²) in [7, 11) is 1.39. The monoisotopic (exact) mass is 410 g/mol. The number of anilines is 1. The number of methoxy groups -OCH3 is 1. The summed E-state index contributed by atoms with van der Waals surface area (Å²) in [5.41, 5.74) is 5.95. The van der Waals surface area contributed by atoms with Crippen LogP contribution in [0.1, 0.15) is 15.9 Å². The molecule has 0 aliphatic carbocycles. The molecule has 4 aromatic rings. The first kappa shape index (κ1) is 19.1. The number of nitrogens with zero attached hydrogens (tertiary/aromatic N) is 2. The molecule has 0 fully saturated rings. The van der Waals surface area contributed by atoms with E-state index in [4.69, 9.17) is 9.47 Å². The van der Waals surface area contributed by atoms with Crippen LogP contribution in [-0.4, -0.2) is 31.2 Å². The normalized spacial score (nSPS) is 13.3. The molecule has 0 N–H and O–H groups in total. The highest BCUT2D eigenvalue weighted by atomic mass is 16.5. The Labute approximate surface area is 180 Å². The van der Waals surface area contributed by atoms with Crippen LogP contribution in [0.2, 0.25) is 0 Å². The van der Waals surface area contributed by atoms with Crippen molar-refractivity contribution in [2.45, 2.75) is 6.54 Å². The van der Waals surface area contributed by atoms with E-state index in [1.54, 1.807) is 12.1 Å². The predicted molar refractivity (Wildman–Crippen MR) is 122 cm³/mol. The second-order valence-electron chi connectivity index (χ2n) is 7.51. The molecule has 0 atom stereocenters. The van der Waals surface area contributed by atoms with Crippen molar-refractivity contribution < 1.29 is 14.3 Å². The van der Waals surface area contributed by atoms with Gasteiger partial charge in [-0.1, -0.05) is 36.4 Å². The Morgan fingerprint density at radius 2 is 1.81 bits per heavy atom. The first-order chi connectivity index (χ1) is 15.2. The molecule has 154 valence electrons. The number of benzene rings is 3. The molecule has 0 saturated carbocycles. The number of pyridine rings is 1. The van der Waals surface area contributed by atoms with Crippen LogP contribution in [0, 0.1) is 0 Å². The predicted octanol–water partition coefficient (Wildman–Crippen LogP) is 5.09. The summed E-state index contributed by atoms with van der Waals surface area (Å²) in [4.78, 5) is 18.5. The molecule has 0 bridgehead atoms. The quantitative estimate of drug-likeness (QED) is 0.441. The molecule has 1 aliphatic rings. The number of rotatable bonds is 3. The van der Waals surface area contributed by atoms with Crippen molar-refractivity contribution in [3.63, 3.8) is 0 Å². The average molecular weight is 410 g/mol. The first-order valence-corrected chi connectivity index (χ1v) is 10.3. The molecule has 5 nitrogen and oxygen atoms in total. The summed E-state index contributed by atoms with van der Waals surface area (Å²) in [6, 6.07) is 24.0. The Morgan fingerprint density at radius 3 is 2.65 bits per heavy atom. The first-order valence-electron chi connectivity index (χ1n) is 10.3. The average Bonchev–Trinajstić information content (AvgIpc) is 3.05. The Hall–Kier alpha value is -3.86. The zero-order valence-corrected chi connectivity index (χ0v) is 17.2. The molecule has 1 aromatic heterocycles. The molecule has 3 aromatic carbocycles. The van der Waals surface area contributed by atoms with Crippen LogP contribution in [0.25, 0.3) is 22.0 Å². The third-order valence-corrected chi connectivity index (χ3v) is 5.65. The van der Waals surface area contributed by atoms with E-state index < -0.39 is 0 Å². The lowest BCUT2D eigenvalue weighted by Crippen LogP contribution is -2.25. The molecule has 1 aliphatic heterocycles. The Bertz CT molecular complexity index is 1250. The summed E-state index contributed by atoms with van der Waals surface area (Å²) in [5, 5.41) is 1.14. The van der Waals surface area contributed by atoms with Gasteiger partial charge in [0.25, 0.3) is 0 Å². The maximum atomic E-state index is 11.7. The van der Waals surface area contributed by atoms with Gasteiger partial charge in [-0.15, -0.1) is 0 Å². The third kappa shape index (κ3) is 3.70. The van der Waals surface area contributed by atoms with Gasteiger partial charge in [-0.25, -0.2) is 4.79 Å². The summed E-state index contributed by atoms with van der Waals surface area (Å²) in [6.07, 6.45) is 1.86. The minimum absolute atomic E-state index is 0.331. The van der Waals surface area contributed by atoms with Crippen LogP contribution in [0.15, 0.2) is 79.0 Å². The molecule has 5 heteroatoms. The van der Waals surface area contributed by atoms with Crippen molar-refractivity contribution in [1.29, 1.82) is 0 Å². The highest BCUT2D eigenvalue weighted by molar-refractivity contribution is 5.91. The number of hydrogen-bond acceptors (Lipinski definition) is 5. The van der Waals surface area contributed by atoms with E-state index >= 15 is 0 Å². The summed E-state index contributed by atoms with van der Waals surface area (Å²) in [6.45, 7) is 2.17. The topological polar surface area (TPSA) is 51.7 Å². The number of hydrogen-bond donors (Lipinski definition) is 0. The molecule has 2 heterocycles. The highest BCUT2D eigenvalue weighted by Crippen LogP contribution is 2.33. The Balaban J connectivity index is 1.48. The highest BCUT2D eigenvalue weighted by Gasteiger charge is 2.18. The summed E-state index contributed by atoms with van der Waals surface area (Å²) < 4.78 is 10.8. The second kappa shape index (κ2) is 8.11. The molecular weight excluding hydrogens is 388 g/mol. The molecule has 0 radical (unpaired) electrons. The number of fused-ring (bicyclic) bond motifs is 2. The van der Waals surface area contributed by atoms with Crippen LogP contribution in [-0.2, 0) is 11.3 Å². The third-order valence-electron chi connectivity index (χ3n) is 5.65. The van der Waals surface area contributed by atoms with Gasteiger partial charge in [0.05, 0.1) is 24.7 Å². The van der Waals surface area contributed by atoms with Crippen LogP contribution >= 0.6 is 0 Å². The maximum absolute atomic E-state index is 11.7. The number of ether oxygens (including phenoxy) is 2. The van der Waals surface area contributed by atoms with Crippen LogP contribution in [0.3, 0.4) is 0 Å². The van der Waals surface area contributed by atoms with Crippen LogP contribution in [0.5, 0.6) is 5.75 Å². The summed E-state index contributed by atoms with van der Waals surface area (Å²) in [5.74, 6) is 0.581. The molecule has 0 spiro atoms. The van der Waals surface area contributed by atoms with E-state index in [1.807, 2.05) is 42.6 Å². The van der Waals surface area contributed by atoms with E-state index in [0.717, 1.165) is 52.1 Å². The van der Waals surface area contributed by atoms with Crippen molar-refractivity contribution >= 4 is 22.6 Å². The minimum atomic E-state index is -0.331. The molecule has 0 saturated heterocycles.